The third-order valence-electron chi connectivity index (χ3n) is 5.21. The number of rotatable bonds is 10. The number of hydrogen-bond acceptors (Lipinski definition) is 8. The Hall–Kier alpha value is -2.75. The summed E-state index contributed by atoms with van der Waals surface area (Å²) < 4.78 is 10.6. The molecular formula is C24H31N3O5S. The van der Waals surface area contributed by atoms with Crippen LogP contribution in [0.3, 0.4) is 0 Å². The predicted octanol–water partition coefficient (Wildman–Crippen LogP) is 3.29. The van der Waals surface area contributed by atoms with Gasteiger partial charge in [0.15, 0.2) is 0 Å². The summed E-state index contributed by atoms with van der Waals surface area (Å²) in [5.41, 5.74) is 1.30. The molecule has 0 saturated carbocycles. The summed E-state index contributed by atoms with van der Waals surface area (Å²) in [5.74, 6) is 1.10. The predicted molar refractivity (Wildman–Crippen MR) is 129 cm³/mol. The zero-order valence-electron chi connectivity index (χ0n) is 19.7. The highest BCUT2D eigenvalue weighted by molar-refractivity contribution is 7.20. The van der Waals surface area contributed by atoms with E-state index in [4.69, 9.17) is 9.47 Å². The number of ether oxygens (including phenoxy) is 2. The topological polar surface area (TPSA) is 105 Å². The van der Waals surface area contributed by atoms with Crippen LogP contribution < -0.4 is 10.3 Å². The number of para-hydroxylation sites is 1. The lowest BCUT2D eigenvalue weighted by Gasteiger charge is -2.26. The Morgan fingerprint density at radius 1 is 1.24 bits per heavy atom. The number of nitrogens with one attached hydrogen (secondary N) is 1. The molecule has 3 aromatic rings. The van der Waals surface area contributed by atoms with Gasteiger partial charge in [-0.2, -0.15) is 0 Å². The van der Waals surface area contributed by atoms with Crippen molar-refractivity contribution in [1.82, 2.24) is 14.9 Å². The van der Waals surface area contributed by atoms with Crippen molar-refractivity contribution in [3.63, 3.8) is 0 Å². The summed E-state index contributed by atoms with van der Waals surface area (Å²) in [7, 11) is 1.31. The molecule has 0 radical (unpaired) electrons. The average molecular weight is 474 g/mol. The molecule has 0 fully saturated rings. The fourth-order valence-corrected chi connectivity index (χ4v) is 4.86. The van der Waals surface area contributed by atoms with Gasteiger partial charge in [0.05, 0.1) is 19.0 Å². The van der Waals surface area contributed by atoms with E-state index in [0.29, 0.717) is 52.0 Å². The van der Waals surface area contributed by atoms with Crippen LogP contribution in [0, 0.1) is 19.8 Å². The molecule has 0 aliphatic rings. The largest absolute Gasteiger partial charge is 0.491 e. The van der Waals surface area contributed by atoms with Gasteiger partial charge in [-0.05, 0) is 37.0 Å². The number of thiophene rings is 1. The van der Waals surface area contributed by atoms with Crippen molar-refractivity contribution in [3.05, 3.63) is 56.4 Å². The summed E-state index contributed by atoms with van der Waals surface area (Å²) in [6.07, 6.45) is -0.714. The van der Waals surface area contributed by atoms with E-state index in [0.717, 1.165) is 22.6 Å². The Morgan fingerprint density at radius 3 is 2.64 bits per heavy atom. The van der Waals surface area contributed by atoms with E-state index in [-0.39, 0.29) is 12.2 Å². The van der Waals surface area contributed by atoms with E-state index in [2.05, 4.69) is 23.8 Å². The molecular weight excluding hydrogens is 442 g/mol. The maximum Gasteiger partial charge on any atom is 0.348 e. The minimum absolute atomic E-state index is 0.162. The van der Waals surface area contributed by atoms with Crippen molar-refractivity contribution < 1.29 is 19.4 Å². The lowest BCUT2D eigenvalue weighted by Crippen LogP contribution is -2.38. The Bertz CT molecular complexity index is 1170. The number of aromatic nitrogens is 2. The van der Waals surface area contributed by atoms with Crippen LogP contribution in [-0.2, 0) is 11.3 Å². The SMILES string of the molecule is COC(=O)c1sc2nc(CN(CC(C)C)C[C@H](O)COc3ccccc3C)[nH]c(=O)c2c1C. The van der Waals surface area contributed by atoms with Crippen LogP contribution in [-0.4, -0.2) is 58.9 Å². The van der Waals surface area contributed by atoms with Gasteiger partial charge in [0.2, 0.25) is 0 Å². The third-order valence-corrected chi connectivity index (χ3v) is 6.38. The molecule has 3 rings (SSSR count). The molecule has 1 atom stereocenters. The first-order valence-corrected chi connectivity index (χ1v) is 11.7. The van der Waals surface area contributed by atoms with Crippen LogP contribution in [0.2, 0.25) is 0 Å². The van der Waals surface area contributed by atoms with Crippen molar-refractivity contribution in [2.24, 2.45) is 5.92 Å². The number of nitrogens with zero attached hydrogens (tertiary/aromatic N) is 2. The fourth-order valence-electron chi connectivity index (χ4n) is 3.74. The highest BCUT2D eigenvalue weighted by Crippen LogP contribution is 2.27. The van der Waals surface area contributed by atoms with Gasteiger partial charge in [0, 0.05) is 13.1 Å². The van der Waals surface area contributed by atoms with Crippen LogP contribution in [0.1, 0.15) is 40.5 Å². The molecule has 0 amide bonds. The number of hydrogen-bond donors (Lipinski definition) is 2. The third kappa shape index (κ3) is 6.19. The lowest BCUT2D eigenvalue weighted by atomic mass is 10.2. The normalized spacial score (nSPS) is 12.5. The number of fused-ring (bicyclic) bond motifs is 1. The van der Waals surface area contributed by atoms with Gasteiger partial charge in [0.25, 0.3) is 5.56 Å². The number of carbonyl (C=O) groups excluding carboxylic acids is 1. The number of aryl methyl sites for hydroxylation is 2. The Kier molecular flexibility index (Phi) is 8.23. The molecule has 0 unspecified atom stereocenters. The first-order chi connectivity index (χ1) is 15.7. The summed E-state index contributed by atoms with van der Waals surface area (Å²) in [4.78, 5) is 35.1. The van der Waals surface area contributed by atoms with E-state index in [1.54, 1.807) is 6.92 Å². The van der Waals surface area contributed by atoms with Gasteiger partial charge in [-0.3, -0.25) is 9.69 Å². The molecule has 8 nitrogen and oxygen atoms in total. The molecule has 0 bridgehead atoms. The van der Waals surface area contributed by atoms with Gasteiger partial charge in [0.1, 0.15) is 34.0 Å². The number of aliphatic hydroxyl groups is 1. The molecule has 0 aliphatic carbocycles. The number of H-pyrrole nitrogens is 1. The zero-order valence-corrected chi connectivity index (χ0v) is 20.5. The first kappa shape index (κ1) is 24.9. The standard InChI is InChI=1S/C24H31N3O5S/c1-14(2)10-27(11-17(28)13-32-18-9-7-6-8-15(18)3)12-19-25-22(29)20-16(4)21(24(30)31-5)33-23(20)26-19/h6-9,14,17,28H,10-13H2,1-5H3,(H,25,26,29)/t17-/m0/s1. The van der Waals surface area contributed by atoms with Crippen molar-refractivity contribution in [2.75, 3.05) is 26.8 Å². The van der Waals surface area contributed by atoms with E-state index >= 15 is 0 Å². The molecule has 0 saturated heterocycles. The second-order valence-electron chi connectivity index (χ2n) is 8.56. The number of carbonyl (C=O) groups is 1. The molecule has 2 N–H and O–H groups in total. The second-order valence-corrected chi connectivity index (χ2v) is 9.56. The minimum atomic E-state index is -0.714. The fraction of sp³-hybridized carbons (Fsp3) is 0.458. The Morgan fingerprint density at radius 2 is 1.97 bits per heavy atom. The van der Waals surface area contributed by atoms with Crippen LogP contribution in [0.4, 0.5) is 0 Å². The van der Waals surface area contributed by atoms with Crippen molar-refractivity contribution in [1.29, 1.82) is 0 Å². The van der Waals surface area contributed by atoms with Gasteiger partial charge in [-0.25, -0.2) is 9.78 Å². The maximum absolute atomic E-state index is 12.7. The highest BCUT2D eigenvalue weighted by atomic mass is 32.1. The van der Waals surface area contributed by atoms with Crippen molar-refractivity contribution >= 4 is 27.5 Å². The van der Waals surface area contributed by atoms with Gasteiger partial charge in [-0.15, -0.1) is 11.3 Å². The van der Waals surface area contributed by atoms with Gasteiger partial charge in [-0.1, -0.05) is 32.0 Å². The molecule has 0 spiro atoms. The van der Waals surface area contributed by atoms with E-state index in [1.807, 2.05) is 36.1 Å². The average Bonchev–Trinajstić information content (AvgIpc) is 3.08. The smallest absolute Gasteiger partial charge is 0.348 e. The summed E-state index contributed by atoms with van der Waals surface area (Å²) in [5, 5.41) is 11.0. The minimum Gasteiger partial charge on any atom is -0.491 e. The van der Waals surface area contributed by atoms with Crippen molar-refractivity contribution in [2.45, 2.75) is 40.3 Å². The summed E-state index contributed by atoms with van der Waals surface area (Å²) in [6.45, 7) is 9.45. The zero-order chi connectivity index (χ0) is 24.1. The van der Waals surface area contributed by atoms with Gasteiger partial charge >= 0.3 is 5.97 Å². The van der Waals surface area contributed by atoms with Crippen LogP contribution in [0.5, 0.6) is 5.75 Å². The number of aliphatic hydroxyl groups excluding tert-OH is 1. The number of esters is 1. The summed E-state index contributed by atoms with van der Waals surface area (Å²) >= 11 is 1.15. The molecule has 1 aromatic carbocycles. The summed E-state index contributed by atoms with van der Waals surface area (Å²) in [6, 6.07) is 7.68. The molecule has 2 aromatic heterocycles. The monoisotopic (exact) mass is 473 g/mol. The number of benzene rings is 1. The molecule has 33 heavy (non-hydrogen) atoms. The van der Waals surface area contributed by atoms with Crippen LogP contribution >= 0.6 is 11.3 Å². The van der Waals surface area contributed by atoms with Crippen LogP contribution in [0.25, 0.3) is 10.2 Å². The van der Waals surface area contributed by atoms with E-state index in [1.165, 1.54) is 7.11 Å². The molecule has 178 valence electrons. The highest BCUT2D eigenvalue weighted by Gasteiger charge is 2.21. The number of methoxy groups -OCH3 is 1. The van der Waals surface area contributed by atoms with Crippen LogP contribution in [0.15, 0.2) is 29.1 Å². The lowest BCUT2D eigenvalue weighted by molar-refractivity contribution is 0.0601. The first-order valence-electron chi connectivity index (χ1n) is 10.9. The van der Waals surface area contributed by atoms with Crippen molar-refractivity contribution in [3.8, 4) is 5.75 Å². The number of aromatic amines is 1. The Balaban J connectivity index is 1.76. The molecule has 2 heterocycles. The van der Waals surface area contributed by atoms with Gasteiger partial charge < -0.3 is 19.6 Å². The van der Waals surface area contributed by atoms with E-state index in [9.17, 15) is 14.7 Å². The quantitative estimate of drug-likeness (QED) is 0.435. The van der Waals surface area contributed by atoms with E-state index < -0.39 is 12.1 Å². The Labute approximate surface area is 197 Å². The molecule has 0 aliphatic heterocycles. The second kappa shape index (κ2) is 10.9. The maximum atomic E-state index is 12.7. The molecule has 9 heteroatoms.